The van der Waals surface area contributed by atoms with E-state index >= 15 is 0 Å². The second-order valence-corrected chi connectivity index (χ2v) is 11.8. The molecular formula is C34H29FN2O5S2. The molecule has 0 aromatic heterocycles. The van der Waals surface area contributed by atoms with Crippen LogP contribution in [0.25, 0.3) is 12.2 Å². The number of halogens is 1. The van der Waals surface area contributed by atoms with Crippen LogP contribution in [0.15, 0.2) is 114 Å². The predicted molar refractivity (Wildman–Crippen MR) is 172 cm³/mol. The molecule has 0 bridgehead atoms. The molecule has 2 N–H and O–H groups in total. The van der Waals surface area contributed by atoms with E-state index in [-0.39, 0.29) is 24.6 Å². The molecule has 0 radical (unpaired) electrons. The van der Waals surface area contributed by atoms with Gasteiger partial charge in [-0.05, 0) is 64.7 Å². The Morgan fingerprint density at radius 3 is 2.27 bits per heavy atom. The first-order chi connectivity index (χ1) is 21.3. The van der Waals surface area contributed by atoms with E-state index in [4.69, 9.17) is 4.74 Å². The number of carboxylic acids is 1. The van der Waals surface area contributed by atoms with Crippen LogP contribution in [0.4, 0.5) is 4.39 Å². The highest BCUT2D eigenvalue weighted by molar-refractivity contribution is 7.94. The third-order valence-electron chi connectivity index (χ3n) is 6.88. The molecule has 7 nitrogen and oxygen atoms in total. The maximum atomic E-state index is 13.3. The van der Waals surface area contributed by atoms with Gasteiger partial charge in [0.15, 0.2) is 17.3 Å². The number of ketones is 1. The number of aliphatic carboxylic acids is 1. The molecule has 1 heterocycles. The van der Waals surface area contributed by atoms with E-state index in [1.807, 2.05) is 54.6 Å². The smallest absolute Gasteiger partial charge is 0.326 e. The summed E-state index contributed by atoms with van der Waals surface area (Å²) in [7, 11) is 0. The summed E-state index contributed by atoms with van der Waals surface area (Å²) < 4.78 is 33.4. The van der Waals surface area contributed by atoms with Gasteiger partial charge in [-0.25, -0.2) is 4.39 Å². The van der Waals surface area contributed by atoms with Gasteiger partial charge in [-0.2, -0.15) is 0 Å². The number of nitrogens with one attached hydrogen (secondary N) is 1. The van der Waals surface area contributed by atoms with Crippen molar-refractivity contribution in [1.82, 2.24) is 9.62 Å². The van der Waals surface area contributed by atoms with Gasteiger partial charge in [-0.3, -0.25) is 9.59 Å². The number of carbonyl (C=O) groups excluding carboxylic acids is 1. The largest absolute Gasteiger partial charge is 0.591 e. The summed E-state index contributed by atoms with van der Waals surface area (Å²) in [6.45, 7) is 0.288. The molecule has 1 saturated heterocycles. The topological polar surface area (TPSA) is 102 Å². The van der Waals surface area contributed by atoms with Crippen molar-refractivity contribution in [2.24, 2.45) is 0 Å². The van der Waals surface area contributed by atoms with Crippen LogP contribution in [0.3, 0.4) is 0 Å². The van der Waals surface area contributed by atoms with E-state index in [2.05, 4.69) is 17.9 Å². The van der Waals surface area contributed by atoms with Gasteiger partial charge in [0.2, 0.25) is 5.03 Å². The highest BCUT2D eigenvalue weighted by atomic mass is 32.2. The lowest BCUT2D eigenvalue weighted by Gasteiger charge is -2.24. The van der Waals surface area contributed by atoms with E-state index < -0.39 is 28.9 Å². The fourth-order valence-electron chi connectivity index (χ4n) is 4.53. The zero-order valence-electron chi connectivity index (χ0n) is 23.4. The first kappa shape index (κ1) is 31.1. The lowest BCUT2D eigenvalue weighted by molar-refractivity contribution is -0.141. The summed E-state index contributed by atoms with van der Waals surface area (Å²) in [6, 6.07) is 28.3. The summed E-state index contributed by atoms with van der Waals surface area (Å²) >= 11 is 2.70. The highest BCUT2D eigenvalue weighted by Crippen LogP contribution is 2.30. The number of hydrogen-bond acceptors (Lipinski definition) is 7. The zero-order chi connectivity index (χ0) is 31.1. The molecule has 0 aliphatic carbocycles. The molecule has 4 aromatic rings. The number of carboxylic acid groups (broad SMARTS) is 1. The first-order valence-corrected chi connectivity index (χ1v) is 15.3. The van der Waals surface area contributed by atoms with E-state index in [1.165, 1.54) is 22.5 Å². The molecule has 224 valence electrons. The average molecular weight is 629 g/mol. The lowest BCUT2D eigenvalue weighted by Crippen LogP contribution is -2.47. The summed E-state index contributed by atoms with van der Waals surface area (Å²) in [5.41, 5.74) is 2.96. The number of thiol groups is 1. The van der Waals surface area contributed by atoms with Crippen molar-refractivity contribution in [3.63, 3.8) is 0 Å². The van der Waals surface area contributed by atoms with Crippen LogP contribution < -0.4 is 10.1 Å². The van der Waals surface area contributed by atoms with Crippen molar-refractivity contribution in [3.8, 4) is 5.75 Å². The zero-order valence-corrected chi connectivity index (χ0v) is 25.1. The van der Waals surface area contributed by atoms with Crippen molar-refractivity contribution in [3.05, 3.63) is 148 Å². The van der Waals surface area contributed by atoms with Gasteiger partial charge in [-0.1, -0.05) is 77.1 Å². The Morgan fingerprint density at radius 2 is 1.61 bits per heavy atom. The number of nitrogens with zero attached hydrogens (tertiary/aromatic N) is 1. The Kier molecular flexibility index (Phi) is 10.2. The van der Waals surface area contributed by atoms with Gasteiger partial charge in [0.1, 0.15) is 29.5 Å². The third-order valence-corrected chi connectivity index (χ3v) is 8.87. The van der Waals surface area contributed by atoms with Crippen LogP contribution in [-0.2, 0) is 29.2 Å². The second kappa shape index (κ2) is 14.4. The average Bonchev–Trinajstić information content (AvgIpc) is 3.31. The normalized spacial score (nSPS) is 18.3. The molecular weight excluding hydrogens is 600 g/mol. The van der Waals surface area contributed by atoms with Crippen LogP contribution >= 0.6 is 12.6 Å². The van der Waals surface area contributed by atoms with Crippen molar-refractivity contribution >= 4 is 47.9 Å². The number of ether oxygens (including phenoxy) is 1. The molecule has 1 aliphatic heterocycles. The molecule has 0 saturated carbocycles. The minimum atomic E-state index is -1.76. The predicted octanol–water partition coefficient (Wildman–Crippen LogP) is 6.08. The Labute approximate surface area is 263 Å². The highest BCUT2D eigenvalue weighted by Gasteiger charge is 2.47. The van der Waals surface area contributed by atoms with E-state index in [9.17, 15) is 23.6 Å². The monoisotopic (exact) mass is 628 g/mol. The number of hydrogen-bond donors (Lipinski definition) is 3. The minimum Gasteiger partial charge on any atom is -0.591 e. The summed E-state index contributed by atoms with van der Waals surface area (Å²) in [5, 5.41) is 13.3. The molecule has 10 heteroatoms. The van der Waals surface area contributed by atoms with Gasteiger partial charge in [-0.15, -0.1) is 12.6 Å². The molecule has 1 aliphatic rings. The quantitative estimate of drug-likeness (QED) is 0.0802. The summed E-state index contributed by atoms with van der Waals surface area (Å²) in [6.07, 6.45) is 5.07. The standard InChI is InChI=1S/C34H29FN2O5S2/c35-28-15-10-26(11-16-28)22-42-29-17-13-27(14-18-29)31(38)19-12-23-6-8-25(9-7-23)21-32-36-34(43)37(44(32)41)30(33(39)40)20-24-4-2-1-3-5-24/h1-19,21,30,34,36,43H,20,22H2,(H,39,40)/b19-12+,32-21-/t30?,34-,44?/m0/s1. The van der Waals surface area contributed by atoms with Crippen molar-refractivity contribution in [2.45, 2.75) is 24.6 Å². The van der Waals surface area contributed by atoms with Gasteiger partial charge in [0, 0.05) is 18.1 Å². The third kappa shape index (κ3) is 7.97. The van der Waals surface area contributed by atoms with Crippen LogP contribution in [-0.4, -0.2) is 37.3 Å². The molecule has 0 spiro atoms. The Bertz CT molecular complexity index is 1650. The van der Waals surface area contributed by atoms with Gasteiger partial charge in [0.25, 0.3) is 0 Å². The minimum absolute atomic E-state index is 0.171. The van der Waals surface area contributed by atoms with Crippen LogP contribution in [0.5, 0.6) is 5.75 Å². The summed E-state index contributed by atoms with van der Waals surface area (Å²) in [4.78, 5) is 24.8. The van der Waals surface area contributed by atoms with Crippen LogP contribution in [0.1, 0.15) is 32.6 Å². The van der Waals surface area contributed by atoms with Crippen molar-refractivity contribution in [2.75, 3.05) is 0 Å². The maximum absolute atomic E-state index is 13.3. The first-order valence-electron chi connectivity index (χ1n) is 13.7. The number of rotatable bonds is 11. The number of carbonyl (C=O) groups is 2. The SMILES string of the molecule is O=C(/C=C/c1ccc(/C=C2/N[C@H](S)N(C(Cc3ccccc3)C(=O)O)[S+]2[O-])cc1)c1ccc(OCc2ccc(F)cc2)cc1. The fourth-order valence-corrected chi connectivity index (χ4v) is 6.48. The fraction of sp³-hybridized carbons (Fsp3) is 0.118. The van der Waals surface area contributed by atoms with Crippen LogP contribution in [0.2, 0.25) is 0 Å². The van der Waals surface area contributed by atoms with Crippen molar-refractivity contribution < 1.29 is 28.4 Å². The summed E-state index contributed by atoms with van der Waals surface area (Å²) in [5.74, 6) is -0.960. The molecule has 4 aromatic carbocycles. The van der Waals surface area contributed by atoms with Gasteiger partial charge < -0.3 is 19.7 Å². The Balaban J connectivity index is 1.18. The Morgan fingerprint density at radius 1 is 0.955 bits per heavy atom. The van der Waals surface area contributed by atoms with E-state index in [0.29, 0.717) is 16.3 Å². The lowest BCUT2D eigenvalue weighted by atomic mass is 10.1. The second-order valence-electron chi connectivity index (χ2n) is 9.98. The molecule has 5 rings (SSSR count). The maximum Gasteiger partial charge on any atom is 0.326 e. The molecule has 1 fully saturated rings. The number of allylic oxidation sites excluding steroid dienone is 1. The molecule has 2 unspecified atom stereocenters. The van der Waals surface area contributed by atoms with Crippen LogP contribution in [0, 0.1) is 5.82 Å². The number of benzene rings is 4. The Hall–Kier alpha value is -4.35. The molecule has 3 atom stereocenters. The van der Waals surface area contributed by atoms with Gasteiger partial charge in [0.05, 0.1) is 0 Å². The van der Waals surface area contributed by atoms with Crippen molar-refractivity contribution in [1.29, 1.82) is 0 Å². The van der Waals surface area contributed by atoms with E-state index in [0.717, 1.165) is 22.3 Å². The van der Waals surface area contributed by atoms with Gasteiger partial charge >= 0.3 is 5.97 Å². The van der Waals surface area contributed by atoms with E-state index in [1.54, 1.807) is 48.6 Å². The molecule has 0 amide bonds. The molecule has 44 heavy (non-hydrogen) atoms.